The van der Waals surface area contributed by atoms with Crippen LogP contribution in [-0.4, -0.2) is 67.8 Å². The van der Waals surface area contributed by atoms with Crippen LogP contribution in [0.2, 0.25) is 0 Å². The van der Waals surface area contributed by atoms with E-state index in [1.807, 2.05) is 80.6 Å². The second-order valence-electron chi connectivity index (χ2n) is 6.67. The third-order valence-corrected chi connectivity index (χ3v) is 4.49. The number of halogens is 1. The first kappa shape index (κ1) is 31.7. The predicted octanol–water partition coefficient (Wildman–Crippen LogP) is 4.79. The average molecular weight is 507 g/mol. The first-order valence-corrected chi connectivity index (χ1v) is 11.2. The molecule has 1 N–H and O–H groups in total. The molecule has 0 aliphatic carbocycles. The van der Waals surface area contributed by atoms with Gasteiger partial charge in [-0.25, -0.2) is 10.1 Å². The summed E-state index contributed by atoms with van der Waals surface area (Å²) in [5.74, 6) is 0.505. The van der Waals surface area contributed by atoms with E-state index < -0.39 is 0 Å². The fourth-order valence-electron chi connectivity index (χ4n) is 2.26. The monoisotopic (exact) mass is 506 g/mol. The van der Waals surface area contributed by atoms with E-state index >= 15 is 0 Å². The van der Waals surface area contributed by atoms with Crippen molar-refractivity contribution in [3.8, 4) is 11.5 Å². The van der Waals surface area contributed by atoms with E-state index in [2.05, 4.69) is 4.84 Å². The Kier molecular flexibility index (Phi) is 17.2. The van der Waals surface area contributed by atoms with E-state index in [1.165, 1.54) is 21.3 Å². The van der Waals surface area contributed by atoms with Gasteiger partial charge in [-0.3, -0.25) is 19.3 Å². The summed E-state index contributed by atoms with van der Waals surface area (Å²) in [5, 5.41) is 11.4. The molecule has 2 aromatic carbocycles. The van der Waals surface area contributed by atoms with Crippen LogP contribution in [0.15, 0.2) is 60.7 Å². The van der Waals surface area contributed by atoms with Crippen LogP contribution in [0, 0.1) is 0 Å². The Morgan fingerprint density at radius 1 is 0.857 bits per heavy atom. The molecule has 0 heterocycles. The van der Waals surface area contributed by atoms with Crippen LogP contribution in [0.1, 0.15) is 25.0 Å². The van der Waals surface area contributed by atoms with Gasteiger partial charge in [0.2, 0.25) is 0 Å². The Morgan fingerprint density at radius 2 is 1.34 bits per heavy atom. The van der Waals surface area contributed by atoms with Crippen molar-refractivity contribution in [1.82, 2.24) is 10.1 Å². The molecule has 35 heavy (non-hydrogen) atoms. The molecule has 2 aromatic rings. The minimum absolute atomic E-state index is 0.0374. The molecule has 0 saturated carbocycles. The highest BCUT2D eigenvalue weighted by molar-refractivity contribution is 6.27. The molecule has 0 radical (unpaired) electrons. The Morgan fingerprint density at radius 3 is 1.83 bits per heavy atom. The van der Waals surface area contributed by atoms with Crippen LogP contribution in [0.25, 0.3) is 12.2 Å². The summed E-state index contributed by atoms with van der Waals surface area (Å²) in [5.41, 5.74) is 1.81. The van der Waals surface area contributed by atoms with Gasteiger partial charge in [-0.15, -0.1) is 11.6 Å². The lowest BCUT2D eigenvalue weighted by Gasteiger charge is -2.14. The van der Waals surface area contributed by atoms with Crippen LogP contribution in [-0.2, 0) is 19.3 Å². The maximum atomic E-state index is 11.5. The Hall–Kier alpha value is -3.33. The molecular formula is C26H35ClN2O6. The smallest absolute Gasteiger partial charge is 0.283 e. The Labute approximate surface area is 212 Å². The number of amides is 2. The second kappa shape index (κ2) is 19.0. The van der Waals surface area contributed by atoms with Gasteiger partial charge >= 0.3 is 0 Å². The second-order valence-corrected chi connectivity index (χ2v) is 6.93. The number of phenols is 1. The van der Waals surface area contributed by atoms with E-state index in [0.29, 0.717) is 11.5 Å². The molecule has 0 aliphatic heterocycles. The highest BCUT2D eigenvalue weighted by Crippen LogP contribution is 2.19. The molecule has 192 valence electrons. The number of benzene rings is 2. The van der Waals surface area contributed by atoms with Crippen LogP contribution in [0.3, 0.4) is 0 Å². The van der Waals surface area contributed by atoms with E-state index in [1.54, 1.807) is 13.1 Å². The quantitative estimate of drug-likeness (QED) is 0.409. The third kappa shape index (κ3) is 13.2. The molecule has 0 aromatic heterocycles. The first-order chi connectivity index (χ1) is 16.7. The van der Waals surface area contributed by atoms with E-state index in [0.717, 1.165) is 21.3 Å². The van der Waals surface area contributed by atoms with E-state index in [-0.39, 0.29) is 24.3 Å². The minimum atomic E-state index is -0.242. The van der Waals surface area contributed by atoms with Crippen molar-refractivity contribution in [2.45, 2.75) is 13.8 Å². The van der Waals surface area contributed by atoms with Gasteiger partial charge in [-0.05, 0) is 26.0 Å². The van der Waals surface area contributed by atoms with Gasteiger partial charge in [-0.1, -0.05) is 60.7 Å². The summed E-state index contributed by atoms with van der Waals surface area (Å²) in [6, 6.07) is 14.8. The van der Waals surface area contributed by atoms with Crippen LogP contribution in [0.5, 0.6) is 11.5 Å². The van der Waals surface area contributed by atoms with Crippen molar-refractivity contribution < 1.29 is 29.1 Å². The molecule has 0 atom stereocenters. The maximum absolute atomic E-state index is 11.5. The molecule has 0 bridgehead atoms. The third-order valence-electron chi connectivity index (χ3n) is 4.26. The Bertz CT molecular complexity index is 949. The first-order valence-electron chi connectivity index (χ1n) is 10.7. The van der Waals surface area contributed by atoms with Gasteiger partial charge in [0.05, 0.1) is 14.2 Å². The fraction of sp³-hybridized carbons (Fsp3) is 0.308. The number of alkyl halides is 1. The number of likely N-dealkylation sites (N-methyl/N-ethyl adjacent to an activating group) is 1. The number of nitrogens with zero attached hydrogens (tertiary/aromatic N) is 2. The van der Waals surface area contributed by atoms with Crippen LogP contribution >= 0.6 is 11.6 Å². The molecule has 2 amide bonds. The lowest BCUT2D eigenvalue weighted by atomic mass is 10.2. The maximum Gasteiger partial charge on any atom is 0.283 e. The van der Waals surface area contributed by atoms with Gasteiger partial charge in [0.1, 0.15) is 17.4 Å². The zero-order valence-corrected chi connectivity index (χ0v) is 21.9. The molecule has 0 saturated heterocycles. The summed E-state index contributed by atoms with van der Waals surface area (Å²) in [6.45, 7) is 3.81. The molecule has 2 rings (SSSR count). The number of carbonyl (C=O) groups excluding carboxylic acids is 2. The SMILES string of the molecule is CC=Cc1ccccc1O.CC=Cc1ccccc1OCC(=O)N(C)OC.CON(C)C(=O)CCl. The number of hydroxylamine groups is 4. The van der Waals surface area contributed by atoms with Crippen molar-refractivity contribution in [2.75, 3.05) is 40.8 Å². The molecule has 0 fully saturated rings. The molecule has 0 spiro atoms. The normalized spacial score (nSPS) is 10.1. The van der Waals surface area contributed by atoms with E-state index in [4.69, 9.17) is 21.2 Å². The van der Waals surface area contributed by atoms with E-state index in [9.17, 15) is 14.7 Å². The average Bonchev–Trinajstić information content (AvgIpc) is 2.89. The molecule has 0 unspecified atom stereocenters. The van der Waals surface area contributed by atoms with Crippen molar-refractivity contribution in [1.29, 1.82) is 0 Å². The summed E-state index contributed by atoms with van der Waals surface area (Å²) in [7, 11) is 5.89. The highest BCUT2D eigenvalue weighted by atomic mass is 35.5. The van der Waals surface area contributed by atoms with Gasteiger partial charge < -0.3 is 9.84 Å². The number of carbonyl (C=O) groups is 2. The zero-order chi connectivity index (χ0) is 26.6. The van der Waals surface area contributed by atoms with Crippen LogP contribution < -0.4 is 4.74 Å². The van der Waals surface area contributed by atoms with Crippen molar-refractivity contribution in [3.05, 3.63) is 71.8 Å². The molecular weight excluding hydrogens is 472 g/mol. The van der Waals surface area contributed by atoms with Gasteiger partial charge in [-0.2, -0.15) is 0 Å². The van der Waals surface area contributed by atoms with Crippen molar-refractivity contribution in [3.63, 3.8) is 0 Å². The number of allylic oxidation sites excluding steroid dienone is 2. The number of rotatable bonds is 8. The van der Waals surface area contributed by atoms with Gasteiger partial charge in [0, 0.05) is 25.2 Å². The number of ether oxygens (including phenoxy) is 1. The Balaban J connectivity index is 0.000000545. The standard InChI is InChI=1S/C13H17NO3.C9H10O.C4H8ClNO2/c1-4-7-11-8-5-6-9-12(11)17-10-13(15)14(2)16-3;1-2-5-8-6-3-4-7-9(8)10;1-6(8-2)4(7)3-5/h4-9H,10H2,1-3H3;2-7,10H,1H3;3H2,1-2H3. The number of phenolic OH excluding ortho intramolecular Hbond substituents is 1. The highest BCUT2D eigenvalue weighted by Gasteiger charge is 2.09. The number of hydrogen-bond acceptors (Lipinski definition) is 6. The summed E-state index contributed by atoms with van der Waals surface area (Å²) in [4.78, 5) is 31.2. The van der Waals surface area contributed by atoms with Crippen molar-refractivity contribution in [2.24, 2.45) is 0 Å². The predicted molar refractivity (Wildman–Crippen MR) is 140 cm³/mol. The minimum Gasteiger partial charge on any atom is -0.507 e. The lowest BCUT2D eigenvalue weighted by Crippen LogP contribution is -2.30. The fourth-order valence-corrected chi connectivity index (χ4v) is 2.42. The number of aromatic hydroxyl groups is 1. The van der Waals surface area contributed by atoms with Crippen molar-refractivity contribution >= 4 is 35.6 Å². The number of hydrogen-bond donors (Lipinski definition) is 1. The lowest BCUT2D eigenvalue weighted by molar-refractivity contribution is -0.170. The zero-order valence-electron chi connectivity index (χ0n) is 21.1. The van der Waals surface area contributed by atoms with Gasteiger partial charge in [0.25, 0.3) is 11.8 Å². The number of para-hydroxylation sites is 2. The summed E-state index contributed by atoms with van der Waals surface area (Å²) >= 11 is 5.15. The summed E-state index contributed by atoms with van der Waals surface area (Å²) < 4.78 is 5.45. The largest absolute Gasteiger partial charge is 0.507 e. The van der Waals surface area contributed by atoms with Crippen LogP contribution in [0.4, 0.5) is 0 Å². The molecule has 9 heteroatoms. The molecule has 0 aliphatic rings. The molecule has 8 nitrogen and oxygen atoms in total. The topological polar surface area (TPSA) is 88.5 Å². The van der Waals surface area contributed by atoms with Gasteiger partial charge in [0.15, 0.2) is 6.61 Å². The summed E-state index contributed by atoms with van der Waals surface area (Å²) in [6.07, 6.45) is 7.62.